The second-order valence-electron chi connectivity index (χ2n) is 6.37. The molecule has 2 N–H and O–H groups in total. The number of rotatable bonds is 10. The predicted octanol–water partition coefficient (Wildman–Crippen LogP) is 4.16. The number of aromatic nitrogens is 4. The van der Waals surface area contributed by atoms with E-state index in [0.717, 1.165) is 29.1 Å². The Morgan fingerprint density at radius 1 is 1.25 bits per heavy atom. The zero-order chi connectivity index (χ0) is 19.9. The molecule has 3 aromatic rings. The van der Waals surface area contributed by atoms with Gasteiger partial charge in [-0.1, -0.05) is 0 Å². The van der Waals surface area contributed by atoms with Gasteiger partial charge < -0.3 is 15.0 Å². The molecule has 0 saturated heterocycles. The summed E-state index contributed by atoms with van der Waals surface area (Å²) in [6.45, 7) is 6.11. The summed E-state index contributed by atoms with van der Waals surface area (Å²) in [6, 6.07) is 6.21. The fourth-order valence-corrected chi connectivity index (χ4v) is 3.37. The van der Waals surface area contributed by atoms with Crippen molar-refractivity contribution in [3.8, 4) is 5.75 Å². The maximum Gasteiger partial charge on any atom is 0.182 e. The van der Waals surface area contributed by atoms with Crippen LogP contribution in [0.15, 0.2) is 30.9 Å². The van der Waals surface area contributed by atoms with Crippen molar-refractivity contribution in [1.29, 1.82) is 0 Å². The van der Waals surface area contributed by atoms with E-state index in [2.05, 4.69) is 43.1 Å². The summed E-state index contributed by atoms with van der Waals surface area (Å²) in [7, 11) is 0. The Labute approximate surface area is 174 Å². The van der Waals surface area contributed by atoms with Crippen LogP contribution in [0.4, 0.5) is 11.5 Å². The van der Waals surface area contributed by atoms with E-state index < -0.39 is 0 Å². The van der Waals surface area contributed by atoms with Crippen LogP contribution in [0, 0.1) is 0 Å². The number of ether oxygens (including phenoxy) is 1. The smallest absolute Gasteiger partial charge is 0.182 e. The quantitative estimate of drug-likeness (QED) is 0.477. The van der Waals surface area contributed by atoms with Gasteiger partial charge in [-0.15, -0.1) is 23.2 Å². The van der Waals surface area contributed by atoms with E-state index in [4.69, 9.17) is 27.9 Å². The molecule has 0 spiro atoms. The molecular weight excluding hydrogens is 399 g/mol. The number of hydrogen-bond donors (Lipinski definition) is 2. The van der Waals surface area contributed by atoms with Crippen molar-refractivity contribution >= 4 is 45.9 Å². The van der Waals surface area contributed by atoms with Crippen molar-refractivity contribution in [2.45, 2.75) is 26.4 Å². The van der Waals surface area contributed by atoms with Gasteiger partial charge in [0.05, 0.1) is 12.9 Å². The first-order chi connectivity index (χ1) is 13.7. The zero-order valence-electron chi connectivity index (χ0n) is 16.0. The standard InChI is InChI=1S/C19H24Cl2N6O/c1-3-28-16-5-4-15(8-14(16)10-27(7-6-20)13(2)9-21)26-19-17-18(23-11-22-17)24-12-25-19/h4-5,8,11-13H,3,6-7,9-10H2,1-2H3,(H2,22,23,24,25,26)/t13-/m1/s1. The van der Waals surface area contributed by atoms with Gasteiger partial charge in [0, 0.05) is 42.1 Å². The Morgan fingerprint density at radius 2 is 2.11 bits per heavy atom. The third-order valence-corrected chi connectivity index (χ3v) is 5.05. The molecule has 2 aromatic heterocycles. The predicted molar refractivity (Wildman–Crippen MR) is 114 cm³/mol. The van der Waals surface area contributed by atoms with Crippen molar-refractivity contribution in [2.24, 2.45) is 0 Å². The van der Waals surface area contributed by atoms with Gasteiger partial charge in [-0.05, 0) is 32.0 Å². The maximum atomic E-state index is 6.08. The molecule has 1 aromatic carbocycles. The van der Waals surface area contributed by atoms with Crippen LogP contribution in [0.2, 0.25) is 0 Å². The molecule has 0 amide bonds. The van der Waals surface area contributed by atoms with Crippen LogP contribution in [-0.4, -0.2) is 55.8 Å². The number of alkyl halides is 2. The van der Waals surface area contributed by atoms with Gasteiger partial charge in [0.1, 0.15) is 17.6 Å². The molecular formula is C19H24Cl2N6O. The average Bonchev–Trinajstić information content (AvgIpc) is 3.19. The largest absolute Gasteiger partial charge is 0.494 e. The molecule has 7 nitrogen and oxygen atoms in total. The third-order valence-electron chi connectivity index (χ3n) is 4.44. The van der Waals surface area contributed by atoms with Gasteiger partial charge in [-0.25, -0.2) is 15.0 Å². The van der Waals surface area contributed by atoms with Crippen LogP contribution >= 0.6 is 23.2 Å². The summed E-state index contributed by atoms with van der Waals surface area (Å²) in [6.07, 6.45) is 3.09. The molecule has 9 heteroatoms. The van der Waals surface area contributed by atoms with Crippen molar-refractivity contribution in [3.05, 3.63) is 36.4 Å². The lowest BCUT2D eigenvalue weighted by atomic mass is 10.1. The van der Waals surface area contributed by atoms with E-state index >= 15 is 0 Å². The summed E-state index contributed by atoms with van der Waals surface area (Å²) < 4.78 is 5.83. The number of halogens is 2. The monoisotopic (exact) mass is 422 g/mol. The highest BCUT2D eigenvalue weighted by Gasteiger charge is 2.16. The molecule has 0 saturated carbocycles. The first-order valence-electron chi connectivity index (χ1n) is 9.19. The molecule has 0 aliphatic heterocycles. The number of hydrogen-bond acceptors (Lipinski definition) is 6. The Balaban J connectivity index is 1.89. The zero-order valence-corrected chi connectivity index (χ0v) is 17.5. The van der Waals surface area contributed by atoms with Gasteiger partial charge in [0.2, 0.25) is 0 Å². The van der Waals surface area contributed by atoms with Crippen LogP contribution in [0.25, 0.3) is 11.2 Å². The Bertz CT molecular complexity index is 903. The van der Waals surface area contributed by atoms with Gasteiger partial charge >= 0.3 is 0 Å². The van der Waals surface area contributed by atoms with E-state index in [0.29, 0.717) is 36.4 Å². The maximum absolute atomic E-state index is 6.08. The summed E-state index contributed by atoms with van der Waals surface area (Å²) >= 11 is 12.1. The van der Waals surface area contributed by atoms with Crippen molar-refractivity contribution in [3.63, 3.8) is 0 Å². The van der Waals surface area contributed by atoms with E-state index in [-0.39, 0.29) is 6.04 Å². The van der Waals surface area contributed by atoms with E-state index in [1.54, 1.807) is 6.33 Å². The van der Waals surface area contributed by atoms with E-state index in [9.17, 15) is 0 Å². The Hall–Kier alpha value is -2.09. The Morgan fingerprint density at radius 3 is 2.86 bits per heavy atom. The molecule has 2 heterocycles. The van der Waals surface area contributed by atoms with Gasteiger partial charge in [0.15, 0.2) is 11.5 Å². The molecule has 0 fully saturated rings. The molecule has 0 aliphatic rings. The van der Waals surface area contributed by atoms with Crippen LogP contribution in [0.1, 0.15) is 19.4 Å². The second kappa shape index (κ2) is 9.91. The molecule has 150 valence electrons. The molecule has 0 radical (unpaired) electrons. The highest BCUT2D eigenvalue weighted by Crippen LogP contribution is 2.28. The van der Waals surface area contributed by atoms with Crippen LogP contribution in [0.5, 0.6) is 5.75 Å². The summed E-state index contributed by atoms with van der Waals surface area (Å²) in [5.41, 5.74) is 3.34. The number of H-pyrrole nitrogens is 1. The minimum atomic E-state index is 0.206. The highest BCUT2D eigenvalue weighted by molar-refractivity contribution is 6.18. The first kappa shape index (κ1) is 20.6. The van der Waals surface area contributed by atoms with Crippen molar-refractivity contribution in [1.82, 2.24) is 24.8 Å². The fraction of sp³-hybridized carbons (Fsp3) is 0.421. The highest BCUT2D eigenvalue weighted by atomic mass is 35.5. The lowest BCUT2D eigenvalue weighted by Gasteiger charge is -2.28. The number of anilines is 2. The minimum absolute atomic E-state index is 0.206. The number of benzene rings is 1. The SMILES string of the molecule is CCOc1ccc(Nc2ncnc3nc[nH]c23)cc1CN(CCCl)[C@H](C)CCl. The number of imidazole rings is 1. The number of nitrogens with one attached hydrogen (secondary N) is 2. The lowest BCUT2D eigenvalue weighted by Crippen LogP contribution is -2.35. The van der Waals surface area contributed by atoms with Crippen molar-refractivity contribution in [2.75, 3.05) is 30.2 Å². The summed E-state index contributed by atoms with van der Waals surface area (Å²) in [5.74, 6) is 2.60. The molecule has 3 rings (SSSR count). The summed E-state index contributed by atoms with van der Waals surface area (Å²) in [5, 5.41) is 3.34. The van der Waals surface area contributed by atoms with Gasteiger partial charge in [0.25, 0.3) is 0 Å². The molecule has 0 aliphatic carbocycles. The van der Waals surface area contributed by atoms with Crippen LogP contribution in [0.3, 0.4) is 0 Å². The molecule has 0 unspecified atom stereocenters. The van der Waals surface area contributed by atoms with Crippen LogP contribution < -0.4 is 10.1 Å². The van der Waals surface area contributed by atoms with E-state index in [1.165, 1.54) is 6.33 Å². The molecule has 1 atom stereocenters. The minimum Gasteiger partial charge on any atom is -0.494 e. The summed E-state index contributed by atoms with van der Waals surface area (Å²) in [4.78, 5) is 17.9. The number of aromatic amines is 1. The van der Waals surface area contributed by atoms with E-state index in [1.807, 2.05) is 19.1 Å². The van der Waals surface area contributed by atoms with Gasteiger partial charge in [-0.2, -0.15) is 0 Å². The first-order valence-corrected chi connectivity index (χ1v) is 10.3. The molecule has 0 bridgehead atoms. The van der Waals surface area contributed by atoms with Gasteiger partial charge in [-0.3, -0.25) is 4.90 Å². The van der Waals surface area contributed by atoms with Crippen LogP contribution in [-0.2, 0) is 6.54 Å². The van der Waals surface area contributed by atoms with Crippen molar-refractivity contribution < 1.29 is 4.74 Å². The number of nitrogens with zero attached hydrogens (tertiary/aromatic N) is 4. The fourth-order valence-electron chi connectivity index (χ4n) is 2.95. The third kappa shape index (κ3) is 4.84. The lowest BCUT2D eigenvalue weighted by molar-refractivity contribution is 0.224. The average molecular weight is 423 g/mol. The Kier molecular flexibility index (Phi) is 7.30. The normalized spacial score (nSPS) is 12.5. The number of fused-ring (bicyclic) bond motifs is 1. The second-order valence-corrected chi connectivity index (χ2v) is 7.05. The molecule has 28 heavy (non-hydrogen) atoms. The topological polar surface area (TPSA) is 79.0 Å².